The van der Waals surface area contributed by atoms with Gasteiger partial charge in [0.05, 0.1) is 6.10 Å². The second-order valence-corrected chi connectivity index (χ2v) is 6.43. The SMILES string of the molecule is Nc1nc(N2CCCC2)sc1C(=O)N1CCCC(O)C1. The number of hydrogen-bond acceptors (Lipinski definition) is 6. The predicted molar refractivity (Wildman–Crippen MR) is 79.1 cm³/mol. The highest BCUT2D eigenvalue weighted by molar-refractivity contribution is 7.18. The molecule has 3 N–H and O–H groups in total. The summed E-state index contributed by atoms with van der Waals surface area (Å²) in [5.41, 5.74) is 5.91. The molecule has 0 aromatic carbocycles. The van der Waals surface area contributed by atoms with Crippen LogP contribution in [0.4, 0.5) is 10.9 Å². The van der Waals surface area contributed by atoms with E-state index in [0.717, 1.165) is 31.1 Å². The van der Waals surface area contributed by atoms with Crippen LogP contribution in [-0.2, 0) is 0 Å². The number of thiazole rings is 1. The molecule has 0 aliphatic carbocycles. The van der Waals surface area contributed by atoms with Gasteiger partial charge in [-0.1, -0.05) is 11.3 Å². The first-order chi connectivity index (χ1) is 9.65. The third-order valence-corrected chi connectivity index (χ3v) is 5.02. The molecule has 7 heteroatoms. The van der Waals surface area contributed by atoms with Gasteiger partial charge in [0, 0.05) is 26.2 Å². The minimum atomic E-state index is -0.417. The fourth-order valence-electron chi connectivity index (χ4n) is 2.80. The first-order valence-electron chi connectivity index (χ1n) is 7.14. The number of nitrogens with two attached hydrogens (primary N) is 1. The Morgan fingerprint density at radius 1 is 1.30 bits per heavy atom. The van der Waals surface area contributed by atoms with Crippen molar-refractivity contribution in [2.45, 2.75) is 31.8 Å². The van der Waals surface area contributed by atoms with Gasteiger partial charge in [-0.2, -0.15) is 0 Å². The quantitative estimate of drug-likeness (QED) is 0.848. The van der Waals surface area contributed by atoms with E-state index in [-0.39, 0.29) is 5.91 Å². The smallest absolute Gasteiger partial charge is 0.267 e. The number of likely N-dealkylation sites (tertiary alicyclic amines) is 1. The fraction of sp³-hybridized carbons (Fsp3) is 0.692. The molecule has 2 fully saturated rings. The third-order valence-electron chi connectivity index (χ3n) is 3.90. The number of rotatable bonds is 2. The van der Waals surface area contributed by atoms with Crippen molar-refractivity contribution in [1.29, 1.82) is 0 Å². The number of nitrogen functional groups attached to an aromatic ring is 1. The number of amides is 1. The maximum Gasteiger partial charge on any atom is 0.267 e. The van der Waals surface area contributed by atoms with Crippen LogP contribution in [0.15, 0.2) is 0 Å². The highest BCUT2D eigenvalue weighted by Gasteiger charge is 2.28. The van der Waals surface area contributed by atoms with Crippen LogP contribution in [0.3, 0.4) is 0 Å². The number of nitrogens with zero attached hydrogens (tertiary/aromatic N) is 3. The van der Waals surface area contributed by atoms with E-state index in [4.69, 9.17) is 5.73 Å². The van der Waals surface area contributed by atoms with Crippen molar-refractivity contribution in [3.8, 4) is 0 Å². The van der Waals surface area contributed by atoms with Crippen molar-refractivity contribution in [2.24, 2.45) is 0 Å². The third kappa shape index (κ3) is 2.60. The summed E-state index contributed by atoms with van der Waals surface area (Å²) < 4.78 is 0. The molecule has 0 radical (unpaired) electrons. The number of aliphatic hydroxyl groups excluding tert-OH is 1. The molecule has 6 nitrogen and oxygen atoms in total. The second-order valence-electron chi connectivity index (χ2n) is 5.45. The molecule has 110 valence electrons. The highest BCUT2D eigenvalue weighted by atomic mass is 32.1. The number of carbonyl (C=O) groups is 1. The van der Waals surface area contributed by atoms with Gasteiger partial charge < -0.3 is 20.6 Å². The van der Waals surface area contributed by atoms with E-state index >= 15 is 0 Å². The average Bonchev–Trinajstić information content (AvgIpc) is 3.07. The van der Waals surface area contributed by atoms with Crippen LogP contribution in [0.1, 0.15) is 35.4 Å². The van der Waals surface area contributed by atoms with Crippen LogP contribution >= 0.6 is 11.3 Å². The van der Waals surface area contributed by atoms with Crippen LogP contribution < -0.4 is 10.6 Å². The summed E-state index contributed by atoms with van der Waals surface area (Å²) in [7, 11) is 0. The maximum absolute atomic E-state index is 12.5. The van der Waals surface area contributed by atoms with E-state index in [1.165, 1.54) is 24.2 Å². The molecule has 1 atom stereocenters. The van der Waals surface area contributed by atoms with E-state index in [1.807, 2.05) is 0 Å². The zero-order valence-electron chi connectivity index (χ0n) is 11.4. The zero-order valence-corrected chi connectivity index (χ0v) is 12.2. The number of hydrogen-bond donors (Lipinski definition) is 2. The summed E-state index contributed by atoms with van der Waals surface area (Å²) in [6.07, 6.45) is 3.52. The summed E-state index contributed by atoms with van der Waals surface area (Å²) in [5, 5.41) is 10.5. The lowest BCUT2D eigenvalue weighted by Gasteiger charge is -2.29. The average molecular weight is 296 g/mol. The summed E-state index contributed by atoms with van der Waals surface area (Å²) in [6.45, 7) is 3.06. The molecule has 2 aliphatic heterocycles. The molecule has 2 saturated heterocycles. The van der Waals surface area contributed by atoms with Crippen LogP contribution in [0.2, 0.25) is 0 Å². The Balaban J connectivity index is 1.77. The maximum atomic E-state index is 12.5. The number of piperidine rings is 1. The number of aromatic nitrogens is 1. The Hall–Kier alpha value is -1.34. The normalized spacial score (nSPS) is 23.4. The van der Waals surface area contributed by atoms with Gasteiger partial charge in [0.15, 0.2) is 5.13 Å². The molecule has 0 bridgehead atoms. The lowest BCUT2D eigenvalue weighted by molar-refractivity contribution is 0.0478. The number of carbonyl (C=O) groups excluding carboxylic acids is 1. The van der Waals surface area contributed by atoms with Gasteiger partial charge in [-0.25, -0.2) is 4.98 Å². The molecule has 0 saturated carbocycles. The molecule has 0 spiro atoms. The molecule has 20 heavy (non-hydrogen) atoms. The van der Waals surface area contributed by atoms with Crippen molar-refractivity contribution >= 4 is 28.2 Å². The first kappa shape index (κ1) is 13.6. The molecule has 1 aromatic heterocycles. The molecule has 1 amide bonds. The van der Waals surface area contributed by atoms with Gasteiger partial charge >= 0.3 is 0 Å². The van der Waals surface area contributed by atoms with Crippen molar-refractivity contribution in [3.05, 3.63) is 4.88 Å². The van der Waals surface area contributed by atoms with Gasteiger partial charge in [0.25, 0.3) is 5.91 Å². The predicted octanol–water partition coefficient (Wildman–Crippen LogP) is 0.922. The van der Waals surface area contributed by atoms with Crippen LogP contribution in [-0.4, -0.2) is 53.2 Å². The highest BCUT2D eigenvalue weighted by Crippen LogP contribution is 2.31. The molecule has 3 rings (SSSR count). The van der Waals surface area contributed by atoms with Crippen molar-refractivity contribution < 1.29 is 9.90 Å². The Kier molecular flexibility index (Phi) is 3.80. The lowest BCUT2D eigenvalue weighted by Crippen LogP contribution is -2.42. The van der Waals surface area contributed by atoms with E-state index < -0.39 is 6.10 Å². The molecular weight excluding hydrogens is 276 g/mol. The molecule has 2 aliphatic rings. The largest absolute Gasteiger partial charge is 0.391 e. The number of anilines is 2. The minimum absolute atomic E-state index is 0.0933. The van der Waals surface area contributed by atoms with E-state index in [1.54, 1.807) is 4.90 Å². The Labute approximate surface area is 122 Å². The molecular formula is C13H20N4O2S. The molecule has 1 aromatic rings. The number of β-amino-alcohol motifs (C(OH)–C–C–N with tert-alkyl or cyclic N) is 1. The monoisotopic (exact) mass is 296 g/mol. The van der Waals surface area contributed by atoms with Gasteiger partial charge in [-0.05, 0) is 25.7 Å². The van der Waals surface area contributed by atoms with Crippen LogP contribution in [0, 0.1) is 0 Å². The summed E-state index contributed by atoms with van der Waals surface area (Å²) in [5.74, 6) is 0.228. The van der Waals surface area contributed by atoms with Crippen molar-refractivity contribution in [2.75, 3.05) is 36.8 Å². The van der Waals surface area contributed by atoms with Gasteiger partial charge in [0.1, 0.15) is 10.7 Å². The number of aliphatic hydroxyl groups is 1. The second kappa shape index (κ2) is 5.57. The van der Waals surface area contributed by atoms with Crippen LogP contribution in [0.5, 0.6) is 0 Å². The Morgan fingerprint density at radius 2 is 2.05 bits per heavy atom. The topological polar surface area (TPSA) is 82.7 Å². The van der Waals surface area contributed by atoms with E-state index in [0.29, 0.717) is 23.8 Å². The Morgan fingerprint density at radius 3 is 2.75 bits per heavy atom. The molecule has 3 heterocycles. The zero-order chi connectivity index (χ0) is 14.1. The summed E-state index contributed by atoms with van der Waals surface area (Å²) >= 11 is 1.38. The van der Waals surface area contributed by atoms with Crippen molar-refractivity contribution in [3.63, 3.8) is 0 Å². The van der Waals surface area contributed by atoms with E-state index in [9.17, 15) is 9.90 Å². The first-order valence-corrected chi connectivity index (χ1v) is 7.95. The van der Waals surface area contributed by atoms with Crippen LogP contribution in [0.25, 0.3) is 0 Å². The summed E-state index contributed by atoms with van der Waals surface area (Å²) in [6, 6.07) is 0. The van der Waals surface area contributed by atoms with Gasteiger partial charge in [-0.15, -0.1) is 0 Å². The van der Waals surface area contributed by atoms with Gasteiger partial charge in [-0.3, -0.25) is 4.79 Å². The molecule has 1 unspecified atom stereocenters. The minimum Gasteiger partial charge on any atom is -0.391 e. The lowest BCUT2D eigenvalue weighted by atomic mass is 10.1. The van der Waals surface area contributed by atoms with E-state index in [2.05, 4.69) is 9.88 Å². The fourth-order valence-corrected chi connectivity index (χ4v) is 3.80. The summed E-state index contributed by atoms with van der Waals surface area (Å²) in [4.78, 5) is 21.2. The van der Waals surface area contributed by atoms with Gasteiger partial charge in [0.2, 0.25) is 0 Å². The van der Waals surface area contributed by atoms with Crippen molar-refractivity contribution in [1.82, 2.24) is 9.88 Å². The standard InChI is InChI=1S/C13H20N4O2S/c14-11-10(12(19)17-7-3-4-9(18)8-17)20-13(15-11)16-5-1-2-6-16/h9,18H,1-8,14H2. The Bertz CT molecular complexity index is 499.